The fourth-order valence-electron chi connectivity index (χ4n) is 0.976. The molecule has 0 radical (unpaired) electrons. The average molecular weight is 214 g/mol. The van der Waals surface area contributed by atoms with Crippen LogP contribution in [0.3, 0.4) is 0 Å². The number of hydrogen-bond donors (Lipinski definition) is 1. The lowest BCUT2D eigenvalue weighted by atomic mass is 9.95. The first-order chi connectivity index (χ1) is 6.37. The summed E-state index contributed by atoms with van der Waals surface area (Å²) in [6.45, 7) is 0. The van der Waals surface area contributed by atoms with Crippen molar-refractivity contribution in [2.75, 3.05) is 0 Å². The van der Waals surface area contributed by atoms with Gasteiger partial charge in [-0.2, -0.15) is 0 Å². The summed E-state index contributed by atoms with van der Waals surface area (Å²) in [5.41, 5.74) is 0. The van der Waals surface area contributed by atoms with Gasteiger partial charge in [0.2, 0.25) is 0 Å². The molecule has 0 aliphatic heterocycles. The number of rotatable bonds is 1. The minimum atomic E-state index is -3.04. The highest BCUT2D eigenvalue weighted by atomic mass is 19.2. The van der Waals surface area contributed by atoms with Gasteiger partial charge < -0.3 is 5.11 Å². The first-order valence-corrected chi connectivity index (χ1v) is 3.35. The molecule has 2 unspecified atom stereocenters. The van der Waals surface area contributed by atoms with Crippen molar-refractivity contribution in [2.24, 2.45) is 5.92 Å². The molecular formula is C7H3F5O2. The molecule has 0 aromatic carbocycles. The molecule has 0 fully saturated rings. The van der Waals surface area contributed by atoms with Gasteiger partial charge in [0.05, 0.1) is 0 Å². The van der Waals surface area contributed by atoms with E-state index in [0.29, 0.717) is 0 Å². The van der Waals surface area contributed by atoms with Gasteiger partial charge in [-0.15, -0.1) is 0 Å². The van der Waals surface area contributed by atoms with Crippen LogP contribution in [0, 0.1) is 5.92 Å². The van der Waals surface area contributed by atoms with Crippen LogP contribution in [0.15, 0.2) is 23.3 Å². The van der Waals surface area contributed by atoms with E-state index in [1.54, 1.807) is 0 Å². The molecule has 0 bridgehead atoms. The van der Waals surface area contributed by atoms with E-state index >= 15 is 0 Å². The fraction of sp³-hybridized carbons (Fsp3) is 0.286. The Bertz CT molecular complexity index is 346. The Labute approximate surface area is 74.3 Å². The second-order valence-electron chi connectivity index (χ2n) is 2.54. The molecule has 1 aliphatic rings. The van der Waals surface area contributed by atoms with Gasteiger partial charge in [-0.1, -0.05) is 0 Å². The smallest absolute Gasteiger partial charge is 0.316 e. The van der Waals surface area contributed by atoms with E-state index in [2.05, 4.69) is 0 Å². The van der Waals surface area contributed by atoms with Crippen molar-refractivity contribution in [1.29, 1.82) is 0 Å². The molecule has 0 aromatic heterocycles. The Balaban J connectivity index is 3.25. The SMILES string of the molecule is O=C(O)C1C(F)=C(F)C(F)=C(F)C1F. The first-order valence-electron chi connectivity index (χ1n) is 3.35. The zero-order valence-corrected chi connectivity index (χ0v) is 6.40. The highest BCUT2D eigenvalue weighted by Crippen LogP contribution is 2.39. The van der Waals surface area contributed by atoms with Crippen LogP contribution in [0.2, 0.25) is 0 Å². The molecule has 0 aromatic rings. The maximum atomic E-state index is 12.7. The third-order valence-corrected chi connectivity index (χ3v) is 1.69. The molecule has 1 rings (SSSR count). The molecule has 14 heavy (non-hydrogen) atoms. The second-order valence-corrected chi connectivity index (χ2v) is 2.54. The molecule has 2 atom stereocenters. The number of aliphatic carboxylic acids is 1. The standard InChI is InChI=1S/C7H3F5O2/c8-2-1(7(13)14)3(9)5(11)6(12)4(2)10/h1-2H,(H,13,14). The van der Waals surface area contributed by atoms with Gasteiger partial charge in [0.25, 0.3) is 0 Å². The monoisotopic (exact) mass is 214 g/mol. The molecule has 0 amide bonds. The first kappa shape index (κ1) is 10.7. The lowest BCUT2D eigenvalue weighted by Crippen LogP contribution is -2.30. The average Bonchev–Trinajstić information content (AvgIpc) is 2.11. The quantitative estimate of drug-likeness (QED) is 0.680. The van der Waals surface area contributed by atoms with E-state index in [-0.39, 0.29) is 0 Å². The molecule has 0 saturated heterocycles. The summed E-state index contributed by atoms with van der Waals surface area (Å²) in [6, 6.07) is 0. The van der Waals surface area contributed by atoms with Gasteiger partial charge >= 0.3 is 5.97 Å². The highest BCUT2D eigenvalue weighted by molar-refractivity contribution is 5.75. The predicted octanol–water partition coefficient (Wildman–Crippen LogP) is 2.34. The summed E-state index contributed by atoms with van der Waals surface area (Å²) in [5, 5.41) is 8.21. The third-order valence-electron chi connectivity index (χ3n) is 1.69. The number of carboxylic acid groups (broad SMARTS) is 1. The van der Waals surface area contributed by atoms with Crippen LogP contribution in [0.5, 0.6) is 0 Å². The number of carboxylic acids is 1. The van der Waals surface area contributed by atoms with E-state index in [0.717, 1.165) is 0 Å². The molecular weight excluding hydrogens is 211 g/mol. The van der Waals surface area contributed by atoms with Crippen LogP contribution in [-0.2, 0) is 4.79 Å². The Kier molecular flexibility index (Phi) is 2.59. The molecule has 1 aliphatic carbocycles. The largest absolute Gasteiger partial charge is 0.481 e. The van der Waals surface area contributed by atoms with Gasteiger partial charge in [0.15, 0.2) is 29.5 Å². The van der Waals surface area contributed by atoms with Crippen LogP contribution in [-0.4, -0.2) is 17.2 Å². The van der Waals surface area contributed by atoms with Gasteiger partial charge in [0, 0.05) is 0 Å². The van der Waals surface area contributed by atoms with Crippen LogP contribution < -0.4 is 0 Å². The molecule has 2 nitrogen and oxygen atoms in total. The number of carbonyl (C=O) groups is 1. The zero-order chi connectivity index (χ0) is 11.0. The van der Waals surface area contributed by atoms with E-state index in [9.17, 15) is 26.7 Å². The topological polar surface area (TPSA) is 37.3 Å². The van der Waals surface area contributed by atoms with Crippen molar-refractivity contribution >= 4 is 5.97 Å². The Morgan fingerprint density at radius 2 is 1.50 bits per heavy atom. The Hall–Kier alpha value is -1.40. The Morgan fingerprint density at radius 1 is 1.07 bits per heavy atom. The van der Waals surface area contributed by atoms with E-state index in [1.165, 1.54) is 0 Å². The van der Waals surface area contributed by atoms with Crippen LogP contribution >= 0.6 is 0 Å². The van der Waals surface area contributed by atoms with Crippen molar-refractivity contribution in [3.63, 3.8) is 0 Å². The van der Waals surface area contributed by atoms with Crippen LogP contribution in [0.1, 0.15) is 0 Å². The normalized spacial score (nSPS) is 28.4. The number of halogens is 5. The van der Waals surface area contributed by atoms with Crippen molar-refractivity contribution in [2.45, 2.75) is 6.17 Å². The lowest BCUT2D eigenvalue weighted by molar-refractivity contribution is -0.143. The predicted molar refractivity (Wildman–Crippen MR) is 34.5 cm³/mol. The number of alkyl halides is 1. The Morgan fingerprint density at radius 3 is 1.93 bits per heavy atom. The van der Waals surface area contributed by atoms with Gasteiger partial charge in [-0.05, 0) is 0 Å². The van der Waals surface area contributed by atoms with E-state index < -0.39 is 41.4 Å². The summed E-state index contributed by atoms with van der Waals surface area (Å²) >= 11 is 0. The van der Waals surface area contributed by atoms with Gasteiger partial charge in [-0.3, -0.25) is 4.79 Å². The second kappa shape index (κ2) is 3.39. The van der Waals surface area contributed by atoms with Crippen LogP contribution in [0.25, 0.3) is 0 Å². The van der Waals surface area contributed by atoms with Crippen molar-refractivity contribution < 1.29 is 31.9 Å². The number of allylic oxidation sites excluding steroid dienone is 3. The molecule has 78 valence electrons. The highest BCUT2D eigenvalue weighted by Gasteiger charge is 2.44. The summed E-state index contributed by atoms with van der Waals surface area (Å²) in [7, 11) is 0. The summed E-state index contributed by atoms with van der Waals surface area (Å²) in [5.74, 6) is -13.8. The third kappa shape index (κ3) is 1.38. The number of hydrogen-bond acceptors (Lipinski definition) is 1. The van der Waals surface area contributed by atoms with Gasteiger partial charge in [0.1, 0.15) is 5.92 Å². The molecule has 0 saturated carbocycles. The van der Waals surface area contributed by atoms with Crippen molar-refractivity contribution in [3.05, 3.63) is 23.3 Å². The van der Waals surface area contributed by atoms with Crippen LogP contribution in [0.4, 0.5) is 22.0 Å². The fourth-order valence-corrected chi connectivity index (χ4v) is 0.976. The zero-order valence-electron chi connectivity index (χ0n) is 6.40. The molecule has 0 spiro atoms. The van der Waals surface area contributed by atoms with Crippen molar-refractivity contribution in [3.8, 4) is 0 Å². The summed E-state index contributed by atoms with van der Waals surface area (Å²) < 4.78 is 62.4. The molecule has 1 N–H and O–H groups in total. The van der Waals surface area contributed by atoms with Crippen molar-refractivity contribution in [1.82, 2.24) is 0 Å². The maximum Gasteiger partial charge on any atom is 0.316 e. The minimum absolute atomic E-state index is 2.10. The molecule has 7 heteroatoms. The maximum absolute atomic E-state index is 12.7. The summed E-state index contributed by atoms with van der Waals surface area (Å²) in [4.78, 5) is 10.2. The summed E-state index contributed by atoms with van der Waals surface area (Å²) in [6.07, 6.45) is -3.04. The van der Waals surface area contributed by atoms with E-state index in [4.69, 9.17) is 5.11 Å². The van der Waals surface area contributed by atoms with E-state index in [1.807, 2.05) is 0 Å². The minimum Gasteiger partial charge on any atom is -0.481 e. The van der Waals surface area contributed by atoms with Gasteiger partial charge in [-0.25, -0.2) is 22.0 Å². The lowest BCUT2D eigenvalue weighted by Gasteiger charge is -2.18. The molecule has 0 heterocycles.